The van der Waals surface area contributed by atoms with Gasteiger partial charge in [0, 0.05) is 5.41 Å². The minimum Gasteiger partial charge on any atom is -0.413 e. The summed E-state index contributed by atoms with van der Waals surface area (Å²) in [6, 6.07) is 0. The fourth-order valence-electron chi connectivity index (χ4n) is 7.24. The van der Waals surface area contributed by atoms with E-state index in [1.54, 1.807) is 11.1 Å². The monoisotopic (exact) mass is 412 g/mol. The highest BCUT2D eigenvalue weighted by molar-refractivity contribution is 6.74. The Morgan fingerprint density at radius 3 is 2.52 bits per heavy atom. The second-order valence-corrected chi connectivity index (χ2v) is 17.3. The quantitative estimate of drug-likeness (QED) is 0.336. The van der Waals surface area contributed by atoms with Crippen molar-refractivity contribution < 1.29 is 4.43 Å². The SMILES string of the molecule is C=C[C@]12CCC(C)=CC1=CCC1C2CC[C@@]2(C)C1CC[C@@H]2O[Si](C)(C)C(C)(C)C. The van der Waals surface area contributed by atoms with Gasteiger partial charge in [-0.1, -0.05) is 51.5 Å². The molecular weight excluding hydrogens is 368 g/mol. The van der Waals surface area contributed by atoms with Crippen molar-refractivity contribution in [1.29, 1.82) is 0 Å². The van der Waals surface area contributed by atoms with Gasteiger partial charge in [-0.25, -0.2) is 0 Å². The summed E-state index contributed by atoms with van der Waals surface area (Å²) in [7, 11) is -1.73. The number of allylic oxidation sites excluding steroid dienone is 5. The Morgan fingerprint density at radius 2 is 1.86 bits per heavy atom. The Bertz CT molecular complexity index is 738. The van der Waals surface area contributed by atoms with Crippen LogP contribution in [0.4, 0.5) is 0 Å². The lowest BCUT2D eigenvalue weighted by molar-refractivity contribution is -0.0526. The van der Waals surface area contributed by atoms with E-state index in [2.05, 4.69) is 72.5 Å². The highest BCUT2D eigenvalue weighted by atomic mass is 28.4. The minimum absolute atomic E-state index is 0.238. The summed E-state index contributed by atoms with van der Waals surface area (Å²) in [6.45, 7) is 21.3. The van der Waals surface area contributed by atoms with Crippen LogP contribution in [0.3, 0.4) is 0 Å². The van der Waals surface area contributed by atoms with Gasteiger partial charge in [0.2, 0.25) is 0 Å². The lowest BCUT2D eigenvalue weighted by Gasteiger charge is -2.57. The molecule has 0 amide bonds. The molecule has 0 N–H and O–H groups in total. The van der Waals surface area contributed by atoms with E-state index >= 15 is 0 Å². The van der Waals surface area contributed by atoms with Crippen molar-refractivity contribution in [2.75, 3.05) is 0 Å². The molecule has 6 atom stereocenters. The van der Waals surface area contributed by atoms with Crippen LogP contribution in [0.15, 0.2) is 36.0 Å². The molecule has 0 aromatic rings. The Morgan fingerprint density at radius 1 is 1.14 bits per heavy atom. The standard InChI is InChI=1S/C27H44OSi/c1-9-27-17-14-19(2)18-20(27)10-11-21-22-12-13-24(26(22,6)16-15-23(21)27)28-29(7,8)25(3,4)5/h9-10,18,21-24H,1,11-17H2,2-8H3/t21?,22?,23?,24-,26-,27-/m0/s1. The summed E-state index contributed by atoms with van der Waals surface area (Å²) in [6.07, 6.45) is 17.0. The molecule has 2 saturated carbocycles. The van der Waals surface area contributed by atoms with Gasteiger partial charge < -0.3 is 4.43 Å². The molecule has 0 bridgehead atoms. The second-order valence-electron chi connectivity index (χ2n) is 12.5. The van der Waals surface area contributed by atoms with Gasteiger partial charge in [-0.05, 0) is 98.7 Å². The molecule has 3 unspecified atom stereocenters. The van der Waals surface area contributed by atoms with E-state index in [1.165, 1.54) is 44.9 Å². The zero-order valence-corrected chi connectivity index (χ0v) is 21.1. The van der Waals surface area contributed by atoms with Crippen molar-refractivity contribution in [2.24, 2.45) is 28.6 Å². The summed E-state index contributed by atoms with van der Waals surface area (Å²) < 4.78 is 7.08. The molecule has 0 heterocycles. The van der Waals surface area contributed by atoms with Crippen molar-refractivity contribution in [3.8, 4) is 0 Å². The van der Waals surface area contributed by atoms with Crippen molar-refractivity contribution in [3.63, 3.8) is 0 Å². The average Bonchev–Trinajstić information content (AvgIpc) is 2.96. The second kappa shape index (κ2) is 6.95. The van der Waals surface area contributed by atoms with Gasteiger partial charge in [0.05, 0.1) is 6.10 Å². The van der Waals surface area contributed by atoms with E-state index in [1.807, 2.05) is 0 Å². The fourth-order valence-corrected chi connectivity index (χ4v) is 8.69. The van der Waals surface area contributed by atoms with Crippen molar-refractivity contribution in [1.82, 2.24) is 0 Å². The first-order valence-corrected chi connectivity index (χ1v) is 15.0. The molecule has 0 aromatic carbocycles. The van der Waals surface area contributed by atoms with Crippen molar-refractivity contribution in [2.45, 2.75) is 104 Å². The molecule has 0 saturated heterocycles. The molecule has 29 heavy (non-hydrogen) atoms. The maximum atomic E-state index is 7.08. The summed E-state index contributed by atoms with van der Waals surface area (Å²) in [5, 5.41) is 0.292. The Hall–Kier alpha value is -0.603. The van der Waals surface area contributed by atoms with E-state index in [0.29, 0.717) is 16.6 Å². The van der Waals surface area contributed by atoms with Crippen LogP contribution in [0.2, 0.25) is 18.1 Å². The van der Waals surface area contributed by atoms with Gasteiger partial charge in [0.1, 0.15) is 0 Å². The number of hydrogen-bond acceptors (Lipinski definition) is 1. The van der Waals surface area contributed by atoms with Crippen LogP contribution in [0.25, 0.3) is 0 Å². The van der Waals surface area contributed by atoms with E-state index in [-0.39, 0.29) is 5.41 Å². The molecule has 0 aliphatic heterocycles. The van der Waals surface area contributed by atoms with Crippen LogP contribution < -0.4 is 0 Å². The highest BCUT2D eigenvalue weighted by Gasteiger charge is 2.60. The first-order chi connectivity index (χ1) is 13.4. The Kier molecular flexibility index (Phi) is 5.18. The van der Waals surface area contributed by atoms with Crippen LogP contribution >= 0.6 is 0 Å². The molecule has 0 radical (unpaired) electrons. The first kappa shape index (κ1) is 21.6. The van der Waals surface area contributed by atoms with Gasteiger partial charge in [0.15, 0.2) is 8.32 Å². The molecule has 1 nitrogen and oxygen atoms in total. The average molecular weight is 413 g/mol. The molecular formula is C27H44OSi. The number of rotatable bonds is 3. The molecule has 0 aromatic heterocycles. The molecule has 4 aliphatic rings. The van der Waals surface area contributed by atoms with E-state index in [0.717, 1.165) is 17.8 Å². The van der Waals surface area contributed by atoms with Gasteiger partial charge in [-0.15, -0.1) is 6.58 Å². The maximum Gasteiger partial charge on any atom is 0.192 e. The smallest absolute Gasteiger partial charge is 0.192 e. The topological polar surface area (TPSA) is 9.23 Å². The molecule has 4 aliphatic carbocycles. The molecule has 162 valence electrons. The normalized spacial score (nSPS) is 42.3. The zero-order chi connectivity index (χ0) is 21.2. The van der Waals surface area contributed by atoms with Crippen LogP contribution in [-0.2, 0) is 4.43 Å². The zero-order valence-electron chi connectivity index (χ0n) is 20.1. The van der Waals surface area contributed by atoms with Crippen LogP contribution in [0, 0.1) is 28.6 Å². The number of fused-ring (bicyclic) bond motifs is 5. The Labute approximate surface area is 181 Å². The molecule has 0 spiro atoms. The van der Waals surface area contributed by atoms with Crippen molar-refractivity contribution >= 4 is 8.32 Å². The molecule has 4 rings (SSSR count). The lowest BCUT2D eigenvalue weighted by Crippen LogP contribution is -2.53. The van der Waals surface area contributed by atoms with Gasteiger partial charge in [0.25, 0.3) is 0 Å². The van der Waals surface area contributed by atoms with E-state index in [9.17, 15) is 0 Å². The van der Waals surface area contributed by atoms with Crippen molar-refractivity contribution in [3.05, 3.63) is 36.0 Å². The lowest BCUT2D eigenvalue weighted by atomic mass is 9.48. The van der Waals surface area contributed by atoms with E-state index in [4.69, 9.17) is 4.43 Å². The minimum atomic E-state index is -1.73. The Balaban J connectivity index is 1.62. The number of hydrogen-bond donors (Lipinski definition) is 0. The summed E-state index contributed by atoms with van der Waals surface area (Å²) in [5.41, 5.74) is 3.75. The predicted octanol–water partition coefficient (Wildman–Crippen LogP) is 8.06. The third kappa shape index (κ3) is 3.19. The summed E-state index contributed by atoms with van der Waals surface area (Å²) in [4.78, 5) is 0. The maximum absolute atomic E-state index is 7.08. The van der Waals surface area contributed by atoms with Gasteiger partial charge in [-0.3, -0.25) is 0 Å². The molecule has 2 fully saturated rings. The summed E-state index contributed by atoms with van der Waals surface area (Å²) in [5.74, 6) is 2.42. The largest absolute Gasteiger partial charge is 0.413 e. The third-order valence-electron chi connectivity index (χ3n) is 10.1. The molecule has 2 heteroatoms. The van der Waals surface area contributed by atoms with Crippen LogP contribution in [0.5, 0.6) is 0 Å². The van der Waals surface area contributed by atoms with Crippen LogP contribution in [-0.4, -0.2) is 14.4 Å². The summed E-state index contributed by atoms with van der Waals surface area (Å²) >= 11 is 0. The van der Waals surface area contributed by atoms with Gasteiger partial charge in [-0.2, -0.15) is 0 Å². The van der Waals surface area contributed by atoms with E-state index < -0.39 is 8.32 Å². The fraction of sp³-hybridized carbons (Fsp3) is 0.778. The predicted molar refractivity (Wildman–Crippen MR) is 127 cm³/mol. The van der Waals surface area contributed by atoms with Gasteiger partial charge >= 0.3 is 0 Å². The highest BCUT2D eigenvalue weighted by Crippen LogP contribution is 2.65. The third-order valence-corrected chi connectivity index (χ3v) is 14.6. The first-order valence-electron chi connectivity index (χ1n) is 12.1. The van der Waals surface area contributed by atoms with Crippen LogP contribution in [0.1, 0.15) is 79.6 Å².